The number of hydrogen-bond donors (Lipinski definition) is 1. The van der Waals surface area contributed by atoms with Crippen molar-refractivity contribution in [1.82, 2.24) is 19.9 Å². The van der Waals surface area contributed by atoms with Crippen LogP contribution < -0.4 is 14.8 Å². The number of carbonyl (C=O) groups excluding carboxylic acids is 1. The predicted octanol–water partition coefficient (Wildman–Crippen LogP) is 2.46. The van der Waals surface area contributed by atoms with Gasteiger partial charge in [-0.15, -0.1) is 0 Å². The van der Waals surface area contributed by atoms with E-state index in [0.29, 0.717) is 42.6 Å². The van der Waals surface area contributed by atoms with Crippen molar-refractivity contribution in [3.63, 3.8) is 0 Å². The Morgan fingerprint density at radius 2 is 1.96 bits per heavy atom. The second-order valence-electron chi connectivity index (χ2n) is 5.28. The van der Waals surface area contributed by atoms with Crippen molar-refractivity contribution in [1.29, 1.82) is 0 Å². The van der Waals surface area contributed by atoms with E-state index >= 15 is 0 Å². The fourth-order valence-corrected chi connectivity index (χ4v) is 2.42. The maximum absolute atomic E-state index is 12.3. The fraction of sp³-hybridized carbons (Fsp3) is 0.278. The Morgan fingerprint density at radius 1 is 1.16 bits per heavy atom. The van der Waals surface area contributed by atoms with Crippen molar-refractivity contribution in [2.75, 3.05) is 13.2 Å². The number of ether oxygens (including phenoxy) is 2. The molecule has 0 atom stereocenters. The second-order valence-corrected chi connectivity index (χ2v) is 5.28. The van der Waals surface area contributed by atoms with Gasteiger partial charge in [0, 0.05) is 25.0 Å². The molecule has 0 bridgehead atoms. The van der Waals surface area contributed by atoms with Crippen molar-refractivity contribution in [2.45, 2.75) is 20.4 Å². The molecule has 0 spiro atoms. The molecule has 0 aliphatic heterocycles. The standard InChI is InChI=1S/C18H20N4O3/c1-3-24-15-7-6-13(10-16(15)25-4-2)12-20-18(23)14-11-17-19-8-5-9-22(17)21-14/h5-11H,3-4,12H2,1-2H3,(H,20,23). The average molecular weight is 340 g/mol. The Kier molecular flexibility index (Phi) is 5.13. The van der Waals surface area contributed by atoms with Crippen LogP contribution in [0.25, 0.3) is 5.65 Å². The molecule has 0 radical (unpaired) electrons. The van der Waals surface area contributed by atoms with Gasteiger partial charge >= 0.3 is 0 Å². The Hall–Kier alpha value is -3.09. The zero-order valence-corrected chi connectivity index (χ0v) is 14.2. The highest BCUT2D eigenvalue weighted by Gasteiger charge is 2.12. The second kappa shape index (κ2) is 7.65. The monoisotopic (exact) mass is 340 g/mol. The number of rotatable bonds is 7. The molecule has 0 unspecified atom stereocenters. The highest BCUT2D eigenvalue weighted by Crippen LogP contribution is 2.28. The Labute approximate surface area is 145 Å². The molecule has 0 aliphatic carbocycles. The van der Waals surface area contributed by atoms with Crippen molar-refractivity contribution in [2.24, 2.45) is 0 Å². The summed E-state index contributed by atoms with van der Waals surface area (Å²) in [7, 11) is 0. The number of fused-ring (bicyclic) bond motifs is 1. The molecule has 7 heteroatoms. The van der Waals surface area contributed by atoms with Gasteiger partial charge in [0.05, 0.1) is 13.2 Å². The van der Waals surface area contributed by atoms with E-state index in [0.717, 1.165) is 5.56 Å². The summed E-state index contributed by atoms with van der Waals surface area (Å²) in [6, 6.07) is 9.04. The molecule has 3 rings (SSSR count). The zero-order valence-electron chi connectivity index (χ0n) is 14.2. The molecule has 0 fully saturated rings. The molecule has 0 saturated heterocycles. The molecule has 25 heavy (non-hydrogen) atoms. The van der Waals surface area contributed by atoms with Crippen LogP contribution in [-0.4, -0.2) is 33.7 Å². The molecule has 7 nitrogen and oxygen atoms in total. The van der Waals surface area contributed by atoms with Gasteiger partial charge in [-0.3, -0.25) is 4.79 Å². The molecule has 3 aromatic rings. The molecule has 1 amide bonds. The van der Waals surface area contributed by atoms with E-state index in [-0.39, 0.29) is 5.91 Å². The van der Waals surface area contributed by atoms with Gasteiger partial charge in [0.1, 0.15) is 0 Å². The van der Waals surface area contributed by atoms with Crippen molar-refractivity contribution in [3.8, 4) is 11.5 Å². The van der Waals surface area contributed by atoms with Crippen LogP contribution in [0.4, 0.5) is 0 Å². The molecular formula is C18H20N4O3. The number of nitrogens with zero attached hydrogens (tertiary/aromatic N) is 3. The number of amides is 1. The first-order valence-corrected chi connectivity index (χ1v) is 8.18. The van der Waals surface area contributed by atoms with Crippen LogP contribution in [-0.2, 0) is 6.54 Å². The lowest BCUT2D eigenvalue weighted by atomic mass is 10.2. The summed E-state index contributed by atoms with van der Waals surface area (Å²) in [4.78, 5) is 16.4. The lowest BCUT2D eigenvalue weighted by Gasteiger charge is -2.12. The highest BCUT2D eigenvalue weighted by molar-refractivity contribution is 5.93. The summed E-state index contributed by atoms with van der Waals surface area (Å²) < 4.78 is 12.7. The largest absolute Gasteiger partial charge is 0.490 e. The van der Waals surface area contributed by atoms with Gasteiger partial charge in [0.25, 0.3) is 5.91 Å². The molecule has 1 N–H and O–H groups in total. The van der Waals surface area contributed by atoms with Crippen molar-refractivity contribution in [3.05, 3.63) is 54.0 Å². The van der Waals surface area contributed by atoms with Gasteiger partial charge in [-0.25, -0.2) is 9.50 Å². The number of nitrogens with one attached hydrogen (secondary N) is 1. The van der Waals surface area contributed by atoms with E-state index in [1.165, 1.54) is 0 Å². The summed E-state index contributed by atoms with van der Waals surface area (Å²) in [5, 5.41) is 7.07. The molecule has 130 valence electrons. The van der Waals surface area contributed by atoms with E-state index in [2.05, 4.69) is 15.4 Å². The van der Waals surface area contributed by atoms with Crippen molar-refractivity contribution < 1.29 is 14.3 Å². The third kappa shape index (κ3) is 3.88. The fourth-order valence-electron chi connectivity index (χ4n) is 2.42. The normalized spacial score (nSPS) is 10.6. The maximum Gasteiger partial charge on any atom is 0.272 e. The van der Waals surface area contributed by atoms with Gasteiger partial charge in [0.15, 0.2) is 22.8 Å². The molecule has 0 saturated carbocycles. The van der Waals surface area contributed by atoms with Gasteiger partial charge < -0.3 is 14.8 Å². The van der Waals surface area contributed by atoms with Crippen LogP contribution in [0.15, 0.2) is 42.7 Å². The van der Waals surface area contributed by atoms with Crippen LogP contribution >= 0.6 is 0 Å². The number of carbonyl (C=O) groups is 1. The van der Waals surface area contributed by atoms with Crippen LogP contribution in [0.2, 0.25) is 0 Å². The molecule has 1 aromatic carbocycles. The first-order valence-electron chi connectivity index (χ1n) is 8.18. The summed E-state index contributed by atoms with van der Waals surface area (Å²) in [5.41, 5.74) is 1.88. The van der Waals surface area contributed by atoms with Crippen LogP contribution in [0, 0.1) is 0 Å². The summed E-state index contributed by atoms with van der Waals surface area (Å²) in [6.07, 6.45) is 3.41. The van der Waals surface area contributed by atoms with E-state index in [4.69, 9.17) is 9.47 Å². The quantitative estimate of drug-likeness (QED) is 0.715. The zero-order chi connectivity index (χ0) is 17.6. The first-order chi connectivity index (χ1) is 12.2. The first kappa shape index (κ1) is 16.8. The van der Waals surface area contributed by atoms with Gasteiger partial charge in [-0.2, -0.15) is 5.10 Å². The lowest BCUT2D eigenvalue weighted by Crippen LogP contribution is -2.23. The summed E-state index contributed by atoms with van der Waals surface area (Å²) >= 11 is 0. The minimum atomic E-state index is -0.252. The van der Waals surface area contributed by atoms with Gasteiger partial charge in [0.2, 0.25) is 0 Å². The Bertz CT molecular complexity index is 843. The van der Waals surface area contributed by atoms with Crippen LogP contribution in [0.5, 0.6) is 11.5 Å². The number of benzene rings is 1. The lowest BCUT2D eigenvalue weighted by molar-refractivity contribution is 0.0945. The topological polar surface area (TPSA) is 77.8 Å². The minimum absolute atomic E-state index is 0.252. The number of hydrogen-bond acceptors (Lipinski definition) is 5. The SMILES string of the molecule is CCOc1ccc(CNC(=O)c2cc3ncccn3n2)cc1OCC. The summed E-state index contributed by atoms with van der Waals surface area (Å²) in [5.74, 6) is 1.12. The van der Waals surface area contributed by atoms with Crippen LogP contribution in [0.1, 0.15) is 29.9 Å². The van der Waals surface area contributed by atoms with Gasteiger partial charge in [-0.05, 0) is 37.6 Å². The third-order valence-corrected chi connectivity index (χ3v) is 3.53. The van der Waals surface area contributed by atoms with E-state index in [9.17, 15) is 4.79 Å². The predicted molar refractivity (Wildman–Crippen MR) is 92.9 cm³/mol. The number of aromatic nitrogens is 3. The van der Waals surface area contributed by atoms with E-state index in [1.54, 1.807) is 29.0 Å². The highest BCUT2D eigenvalue weighted by atomic mass is 16.5. The van der Waals surface area contributed by atoms with E-state index < -0.39 is 0 Å². The van der Waals surface area contributed by atoms with E-state index in [1.807, 2.05) is 32.0 Å². The average Bonchev–Trinajstić information content (AvgIpc) is 3.06. The van der Waals surface area contributed by atoms with Crippen molar-refractivity contribution >= 4 is 11.6 Å². The van der Waals surface area contributed by atoms with Crippen LogP contribution in [0.3, 0.4) is 0 Å². The molecular weight excluding hydrogens is 320 g/mol. The Balaban J connectivity index is 1.69. The van der Waals surface area contributed by atoms with Gasteiger partial charge in [-0.1, -0.05) is 6.07 Å². The maximum atomic E-state index is 12.3. The minimum Gasteiger partial charge on any atom is -0.490 e. The molecule has 2 heterocycles. The third-order valence-electron chi connectivity index (χ3n) is 3.53. The molecule has 0 aliphatic rings. The smallest absolute Gasteiger partial charge is 0.272 e. The summed E-state index contributed by atoms with van der Waals surface area (Å²) in [6.45, 7) is 5.32. The molecule has 2 aromatic heterocycles. The Morgan fingerprint density at radius 3 is 2.72 bits per heavy atom.